The van der Waals surface area contributed by atoms with Crippen LogP contribution in [0.4, 0.5) is 5.69 Å². The van der Waals surface area contributed by atoms with Gasteiger partial charge in [-0.3, -0.25) is 9.67 Å². The van der Waals surface area contributed by atoms with E-state index < -0.39 is 0 Å². The average Bonchev–Trinajstić information content (AvgIpc) is 3.13. The van der Waals surface area contributed by atoms with Crippen molar-refractivity contribution < 1.29 is 4.74 Å². The number of anilines is 1. The third-order valence-corrected chi connectivity index (χ3v) is 5.00. The first-order valence-corrected chi connectivity index (χ1v) is 10.0. The van der Waals surface area contributed by atoms with E-state index in [0.717, 1.165) is 37.6 Å². The Morgan fingerprint density at radius 1 is 1.38 bits per heavy atom. The molecule has 0 spiro atoms. The molecule has 2 heterocycles. The minimum absolute atomic E-state index is 0. The molecule has 160 valence electrons. The fourth-order valence-electron chi connectivity index (χ4n) is 3.32. The van der Waals surface area contributed by atoms with Crippen molar-refractivity contribution in [2.45, 2.75) is 31.9 Å². The monoisotopic (exact) mass is 532 g/mol. The summed E-state index contributed by atoms with van der Waals surface area (Å²) in [5.41, 5.74) is 1.17. The van der Waals surface area contributed by atoms with Crippen LogP contribution in [0.1, 0.15) is 19.8 Å². The van der Waals surface area contributed by atoms with Crippen LogP contribution in [0.25, 0.3) is 0 Å². The van der Waals surface area contributed by atoms with Crippen molar-refractivity contribution in [2.75, 3.05) is 31.6 Å². The van der Waals surface area contributed by atoms with Gasteiger partial charge in [-0.15, -0.1) is 24.0 Å². The molecular weight excluding hydrogens is 503 g/mol. The highest BCUT2D eigenvalue weighted by atomic mass is 127. The first-order chi connectivity index (χ1) is 13.5. The van der Waals surface area contributed by atoms with E-state index in [0.29, 0.717) is 17.6 Å². The molecule has 2 atom stereocenters. The van der Waals surface area contributed by atoms with Crippen LogP contribution in [-0.2, 0) is 7.05 Å². The van der Waals surface area contributed by atoms with Gasteiger partial charge in [-0.05, 0) is 44.0 Å². The van der Waals surface area contributed by atoms with Crippen LogP contribution in [-0.4, -0.2) is 54.6 Å². The third kappa shape index (κ3) is 7.26. The summed E-state index contributed by atoms with van der Waals surface area (Å²) in [6.45, 7) is 4.67. The van der Waals surface area contributed by atoms with Gasteiger partial charge in [0.15, 0.2) is 5.96 Å². The molecule has 7 nitrogen and oxygen atoms in total. The average molecular weight is 533 g/mol. The molecular formula is C20H30ClIN6O. The van der Waals surface area contributed by atoms with Crippen molar-refractivity contribution in [3.05, 3.63) is 41.7 Å². The number of nitrogens with one attached hydrogen (secondary N) is 2. The number of guanidine groups is 1. The number of ether oxygens (including phenoxy) is 1. The van der Waals surface area contributed by atoms with Gasteiger partial charge in [0, 0.05) is 44.4 Å². The Morgan fingerprint density at radius 2 is 2.14 bits per heavy atom. The fraction of sp³-hybridized carbons (Fsp3) is 0.500. The van der Waals surface area contributed by atoms with Crippen LogP contribution in [0, 0.1) is 0 Å². The van der Waals surface area contributed by atoms with E-state index in [1.165, 1.54) is 5.69 Å². The lowest BCUT2D eigenvalue weighted by atomic mass is 10.1. The molecule has 0 bridgehead atoms. The Labute approximate surface area is 194 Å². The highest BCUT2D eigenvalue weighted by Crippen LogP contribution is 2.19. The molecule has 1 aromatic heterocycles. The Bertz CT molecular complexity index is 782. The van der Waals surface area contributed by atoms with Crippen molar-refractivity contribution in [3.63, 3.8) is 0 Å². The first-order valence-electron chi connectivity index (χ1n) is 9.66. The predicted octanol–water partition coefficient (Wildman–Crippen LogP) is 3.29. The van der Waals surface area contributed by atoms with Crippen molar-refractivity contribution in [2.24, 2.45) is 12.0 Å². The molecule has 0 radical (unpaired) electrons. The highest BCUT2D eigenvalue weighted by molar-refractivity contribution is 14.0. The highest BCUT2D eigenvalue weighted by Gasteiger charge is 2.22. The summed E-state index contributed by atoms with van der Waals surface area (Å²) in [7, 11) is 3.74. The first kappa shape index (κ1) is 23.6. The van der Waals surface area contributed by atoms with Crippen LogP contribution in [0.2, 0.25) is 5.02 Å². The van der Waals surface area contributed by atoms with Gasteiger partial charge in [-0.25, -0.2) is 0 Å². The molecule has 0 aliphatic carbocycles. The van der Waals surface area contributed by atoms with Crippen molar-refractivity contribution >= 4 is 47.2 Å². The van der Waals surface area contributed by atoms with Gasteiger partial charge < -0.3 is 20.3 Å². The van der Waals surface area contributed by atoms with Crippen LogP contribution < -0.4 is 20.3 Å². The van der Waals surface area contributed by atoms with E-state index in [-0.39, 0.29) is 30.1 Å². The largest absolute Gasteiger partial charge is 0.489 e. The minimum atomic E-state index is -0.00188. The summed E-state index contributed by atoms with van der Waals surface area (Å²) in [6.07, 6.45) is 6.24. The molecule has 1 fully saturated rings. The minimum Gasteiger partial charge on any atom is -0.489 e. The Kier molecular flexibility index (Phi) is 9.35. The van der Waals surface area contributed by atoms with E-state index >= 15 is 0 Å². The van der Waals surface area contributed by atoms with Crippen molar-refractivity contribution in [1.29, 1.82) is 0 Å². The molecule has 1 saturated heterocycles. The maximum absolute atomic E-state index is 5.91. The summed E-state index contributed by atoms with van der Waals surface area (Å²) in [6, 6.07) is 7.75. The Balaban J connectivity index is 0.00000300. The molecule has 3 rings (SSSR count). The van der Waals surface area contributed by atoms with Gasteiger partial charge in [0.1, 0.15) is 11.9 Å². The molecule has 2 aromatic rings. The lowest BCUT2D eigenvalue weighted by Crippen LogP contribution is -2.52. The van der Waals surface area contributed by atoms with Crippen LogP contribution in [0.5, 0.6) is 5.75 Å². The third-order valence-electron chi connectivity index (χ3n) is 4.75. The normalized spacial score (nSPS) is 18.0. The summed E-state index contributed by atoms with van der Waals surface area (Å²) in [5, 5.41) is 11.9. The molecule has 2 unspecified atom stereocenters. The van der Waals surface area contributed by atoms with Crippen molar-refractivity contribution in [1.82, 2.24) is 20.4 Å². The van der Waals surface area contributed by atoms with Gasteiger partial charge in [-0.2, -0.15) is 5.10 Å². The summed E-state index contributed by atoms with van der Waals surface area (Å²) in [4.78, 5) is 6.73. The van der Waals surface area contributed by atoms with Gasteiger partial charge in [-0.1, -0.05) is 11.6 Å². The topological polar surface area (TPSA) is 66.7 Å². The molecule has 1 aliphatic heterocycles. The maximum atomic E-state index is 5.91. The van der Waals surface area contributed by atoms with E-state index in [2.05, 4.69) is 31.8 Å². The number of piperidine rings is 1. The zero-order valence-corrected chi connectivity index (χ0v) is 20.2. The van der Waals surface area contributed by atoms with Gasteiger partial charge in [0.25, 0.3) is 0 Å². The lowest BCUT2D eigenvalue weighted by Gasteiger charge is -2.34. The molecule has 1 aliphatic rings. The fourth-order valence-corrected chi connectivity index (χ4v) is 3.44. The summed E-state index contributed by atoms with van der Waals surface area (Å²) >= 11 is 5.91. The van der Waals surface area contributed by atoms with Crippen LogP contribution >= 0.6 is 35.6 Å². The number of aryl methyl sites for hydroxylation is 1. The molecule has 29 heavy (non-hydrogen) atoms. The number of aromatic nitrogens is 2. The number of halogens is 2. The molecule has 0 saturated carbocycles. The zero-order valence-electron chi connectivity index (χ0n) is 17.1. The summed E-state index contributed by atoms with van der Waals surface area (Å²) < 4.78 is 7.75. The smallest absolute Gasteiger partial charge is 0.191 e. The van der Waals surface area contributed by atoms with Crippen LogP contribution in [0.15, 0.2) is 41.7 Å². The predicted molar refractivity (Wildman–Crippen MR) is 130 cm³/mol. The molecule has 1 aromatic carbocycles. The van der Waals surface area contributed by atoms with E-state index in [1.807, 2.05) is 49.1 Å². The second-order valence-electron chi connectivity index (χ2n) is 7.14. The maximum Gasteiger partial charge on any atom is 0.191 e. The summed E-state index contributed by atoms with van der Waals surface area (Å²) in [5.74, 6) is 1.60. The van der Waals surface area contributed by atoms with Gasteiger partial charge >= 0.3 is 0 Å². The SMILES string of the molecule is CN=C(NCC(C)Oc1ccc(Cl)cc1)NC1CCCN(c2cnn(C)c2)C1.I. The van der Waals surface area contributed by atoms with E-state index in [1.54, 1.807) is 7.05 Å². The van der Waals surface area contributed by atoms with Crippen molar-refractivity contribution in [3.8, 4) is 5.75 Å². The number of benzene rings is 1. The van der Waals surface area contributed by atoms with E-state index in [4.69, 9.17) is 16.3 Å². The second kappa shape index (κ2) is 11.5. The Morgan fingerprint density at radius 3 is 2.79 bits per heavy atom. The number of hydrogen-bond acceptors (Lipinski definition) is 4. The number of aliphatic imine (C=N–C) groups is 1. The van der Waals surface area contributed by atoms with Gasteiger partial charge in [0.2, 0.25) is 0 Å². The zero-order chi connectivity index (χ0) is 19.9. The van der Waals surface area contributed by atoms with Crippen LogP contribution in [0.3, 0.4) is 0 Å². The Hall–Kier alpha value is -1.68. The number of hydrogen-bond donors (Lipinski definition) is 2. The molecule has 9 heteroatoms. The van der Waals surface area contributed by atoms with E-state index in [9.17, 15) is 0 Å². The number of rotatable bonds is 6. The molecule has 0 amide bonds. The number of nitrogens with zero attached hydrogens (tertiary/aromatic N) is 4. The standard InChI is InChI=1S/C20H29ClN6O.HI/c1-15(28-19-8-6-16(21)7-9-19)11-23-20(22-2)25-17-5-4-10-27(13-17)18-12-24-26(3)14-18;/h6-9,12,14-15,17H,4-5,10-11,13H2,1-3H3,(H2,22,23,25);1H. The lowest BCUT2D eigenvalue weighted by molar-refractivity contribution is 0.223. The molecule has 2 N–H and O–H groups in total. The quantitative estimate of drug-likeness (QED) is 0.340. The second-order valence-corrected chi connectivity index (χ2v) is 7.57. The van der Waals surface area contributed by atoms with Gasteiger partial charge in [0.05, 0.1) is 18.4 Å².